The van der Waals surface area contributed by atoms with Gasteiger partial charge in [0.25, 0.3) is 0 Å². The molecule has 0 bridgehead atoms. The van der Waals surface area contributed by atoms with E-state index >= 15 is 0 Å². The van der Waals surface area contributed by atoms with Gasteiger partial charge in [-0.2, -0.15) is 0 Å². The number of nitrogens with one attached hydrogen (secondary N) is 1. The number of carbonyl (C=O) groups is 1. The molecule has 1 unspecified atom stereocenters. The molecule has 1 aliphatic rings. The summed E-state index contributed by atoms with van der Waals surface area (Å²) in [6.45, 7) is 4.31. The van der Waals surface area contributed by atoms with Crippen LogP contribution in [0, 0.1) is 5.82 Å². The van der Waals surface area contributed by atoms with Crippen molar-refractivity contribution in [2.45, 2.75) is 19.0 Å². The Morgan fingerprint density at radius 2 is 1.77 bits per heavy atom. The maximum absolute atomic E-state index is 14.0. The first-order valence-corrected chi connectivity index (χ1v) is 11.5. The van der Waals surface area contributed by atoms with Crippen LogP contribution in [0.25, 0.3) is 0 Å². The highest BCUT2D eigenvalue weighted by Gasteiger charge is 2.22. The van der Waals surface area contributed by atoms with E-state index < -0.39 is 0 Å². The third kappa shape index (κ3) is 5.97. The van der Waals surface area contributed by atoms with Gasteiger partial charge in [-0.1, -0.05) is 48.5 Å². The van der Waals surface area contributed by atoms with Gasteiger partial charge in [-0.3, -0.25) is 14.6 Å². The first kappa shape index (κ1) is 21.6. The minimum atomic E-state index is -0.238. The third-order valence-corrected chi connectivity index (χ3v) is 6.38. The zero-order valence-electron chi connectivity index (χ0n) is 17.4. The van der Waals surface area contributed by atoms with E-state index in [1.54, 1.807) is 23.6 Å². The van der Waals surface area contributed by atoms with E-state index in [-0.39, 0.29) is 17.8 Å². The molecule has 1 saturated heterocycles. The lowest BCUT2D eigenvalue weighted by molar-refractivity contribution is -0.122. The van der Waals surface area contributed by atoms with Gasteiger partial charge in [0.15, 0.2) is 0 Å². The van der Waals surface area contributed by atoms with Crippen LogP contribution < -0.4 is 5.32 Å². The second-order valence-corrected chi connectivity index (χ2v) is 8.70. The van der Waals surface area contributed by atoms with Gasteiger partial charge in [-0.15, -0.1) is 11.3 Å². The lowest BCUT2D eigenvalue weighted by Gasteiger charge is -2.23. The monoisotopic (exact) mass is 438 g/mol. The number of hydrogen-bond donors (Lipinski definition) is 1. The first-order valence-electron chi connectivity index (χ1n) is 10.6. The standard InChI is InChI=1S/C24H27FN4OS/c25-21-10-5-4-9-20(21)17-28-12-6-13-29(15-14-28)18-22(30)27-23(24-26-11-16-31-24)19-7-2-1-3-8-19/h1-5,7-11,16,23H,6,12-15,17-18H2,(H,27,30). The number of carbonyl (C=O) groups excluding carboxylic acids is 1. The molecule has 31 heavy (non-hydrogen) atoms. The van der Waals surface area contributed by atoms with Gasteiger partial charge >= 0.3 is 0 Å². The van der Waals surface area contributed by atoms with Gasteiger partial charge in [0.05, 0.1) is 6.54 Å². The van der Waals surface area contributed by atoms with E-state index in [4.69, 9.17) is 0 Å². The van der Waals surface area contributed by atoms with Crippen LogP contribution in [0.1, 0.15) is 28.6 Å². The molecule has 0 saturated carbocycles. The van der Waals surface area contributed by atoms with Gasteiger partial charge < -0.3 is 5.32 Å². The molecule has 2 aromatic carbocycles. The predicted octanol–water partition coefficient (Wildman–Crippen LogP) is 3.70. The maximum Gasteiger partial charge on any atom is 0.235 e. The number of amides is 1. The fraction of sp³-hybridized carbons (Fsp3) is 0.333. The summed E-state index contributed by atoms with van der Waals surface area (Å²) in [6, 6.07) is 16.6. The first-order chi connectivity index (χ1) is 15.2. The predicted molar refractivity (Wildman–Crippen MR) is 121 cm³/mol. The van der Waals surface area contributed by atoms with Crippen molar-refractivity contribution in [1.82, 2.24) is 20.1 Å². The Labute approximate surface area is 186 Å². The molecule has 1 fully saturated rings. The number of halogens is 1. The fourth-order valence-corrected chi connectivity index (χ4v) is 4.64. The summed E-state index contributed by atoms with van der Waals surface area (Å²) in [5.41, 5.74) is 1.75. The largest absolute Gasteiger partial charge is 0.342 e. The van der Waals surface area contributed by atoms with Crippen molar-refractivity contribution in [3.05, 3.63) is 88.1 Å². The molecule has 1 amide bonds. The van der Waals surface area contributed by atoms with E-state index in [1.807, 2.05) is 47.8 Å². The molecular weight excluding hydrogens is 411 g/mol. The van der Waals surface area contributed by atoms with Crippen molar-refractivity contribution in [2.75, 3.05) is 32.7 Å². The molecule has 1 atom stereocenters. The summed E-state index contributed by atoms with van der Waals surface area (Å²) in [5.74, 6) is -0.163. The van der Waals surface area contributed by atoms with Crippen molar-refractivity contribution < 1.29 is 9.18 Å². The molecule has 2 heterocycles. The van der Waals surface area contributed by atoms with Crippen LogP contribution in [0.3, 0.4) is 0 Å². The number of benzene rings is 2. The van der Waals surface area contributed by atoms with Gasteiger partial charge in [0, 0.05) is 36.8 Å². The van der Waals surface area contributed by atoms with Gasteiger partial charge in [0.2, 0.25) is 5.91 Å². The topological polar surface area (TPSA) is 48.5 Å². The van der Waals surface area contributed by atoms with Gasteiger partial charge in [-0.25, -0.2) is 9.37 Å². The lowest BCUT2D eigenvalue weighted by Crippen LogP contribution is -2.40. The van der Waals surface area contributed by atoms with E-state index in [0.717, 1.165) is 48.7 Å². The fourth-order valence-electron chi connectivity index (χ4n) is 3.93. The number of thiazole rings is 1. The van der Waals surface area contributed by atoms with Crippen LogP contribution in [-0.4, -0.2) is 53.4 Å². The Hall–Kier alpha value is -2.61. The van der Waals surface area contributed by atoms with Crippen molar-refractivity contribution in [1.29, 1.82) is 0 Å². The summed E-state index contributed by atoms with van der Waals surface area (Å²) in [5, 5.41) is 5.97. The molecule has 1 aliphatic heterocycles. The van der Waals surface area contributed by atoms with Gasteiger partial charge in [-0.05, 0) is 31.1 Å². The maximum atomic E-state index is 14.0. The van der Waals surface area contributed by atoms with Crippen molar-refractivity contribution >= 4 is 17.2 Å². The van der Waals surface area contributed by atoms with Gasteiger partial charge in [0.1, 0.15) is 16.9 Å². The third-order valence-electron chi connectivity index (χ3n) is 5.54. The summed E-state index contributed by atoms with van der Waals surface area (Å²) in [6.07, 6.45) is 2.72. The highest BCUT2D eigenvalue weighted by Crippen LogP contribution is 2.23. The Morgan fingerprint density at radius 3 is 2.55 bits per heavy atom. The smallest absolute Gasteiger partial charge is 0.235 e. The van der Waals surface area contributed by atoms with E-state index in [1.165, 1.54) is 6.07 Å². The highest BCUT2D eigenvalue weighted by atomic mass is 32.1. The number of hydrogen-bond acceptors (Lipinski definition) is 5. The summed E-state index contributed by atoms with van der Waals surface area (Å²) in [7, 11) is 0. The minimum absolute atomic E-state index is 0.00777. The van der Waals surface area contributed by atoms with Crippen molar-refractivity contribution in [3.8, 4) is 0 Å². The molecule has 1 aromatic heterocycles. The van der Waals surface area contributed by atoms with Crippen LogP contribution in [0.2, 0.25) is 0 Å². The normalized spacial score (nSPS) is 16.5. The number of nitrogens with zero attached hydrogens (tertiary/aromatic N) is 3. The molecular formula is C24H27FN4OS. The second kappa shape index (κ2) is 10.6. The molecule has 0 spiro atoms. The van der Waals surface area contributed by atoms with E-state index in [9.17, 15) is 9.18 Å². The van der Waals surface area contributed by atoms with E-state index in [0.29, 0.717) is 13.1 Å². The molecule has 0 aliphatic carbocycles. The van der Waals surface area contributed by atoms with Crippen LogP contribution >= 0.6 is 11.3 Å². The van der Waals surface area contributed by atoms with Crippen LogP contribution in [0.4, 0.5) is 4.39 Å². The molecule has 5 nitrogen and oxygen atoms in total. The van der Waals surface area contributed by atoms with E-state index in [2.05, 4.69) is 20.1 Å². The lowest BCUT2D eigenvalue weighted by atomic mass is 10.1. The average molecular weight is 439 g/mol. The number of aromatic nitrogens is 1. The quantitative estimate of drug-likeness (QED) is 0.611. The molecule has 3 aromatic rings. The van der Waals surface area contributed by atoms with Crippen LogP contribution in [0.15, 0.2) is 66.2 Å². The molecule has 0 radical (unpaired) electrons. The minimum Gasteiger partial charge on any atom is -0.342 e. The zero-order valence-corrected chi connectivity index (χ0v) is 18.2. The molecule has 162 valence electrons. The average Bonchev–Trinajstić information content (AvgIpc) is 3.23. The second-order valence-electron chi connectivity index (χ2n) is 7.78. The summed E-state index contributed by atoms with van der Waals surface area (Å²) >= 11 is 1.54. The molecule has 1 N–H and O–H groups in total. The SMILES string of the molecule is O=C(CN1CCCN(Cc2ccccc2F)CC1)NC(c1ccccc1)c1nccs1. The zero-order chi connectivity index (χ0) is 21.5. The Kier molecular flexibility index (Phi) is 7.40. The molecule has 4 rings (SSSR count). The van der Waals surface area contributed by atoms with Crippen molar-refractivity contribution in [3.63, 3.8) is 0 Å². The number of rotatable bonds is 7. The van der Waals surface area contributed by atoms with Crippen molar-refractivity contribution in [2.24, 2.45) is 0 Å². The Morgan fingerprint density at radius 1 is 1.03 bits per heavy atom. The summed E-state index contributed by atoms with van der Waals surface area (Å²) < 4.78 is 14.0. The van der Waals surface area contributed by atoms with Crippen LogP contribution in [-0.2, 0) is 11.3 Å². The summed E-state index contributed by atoms with van der Waals surface area (Å²) in [4.78, 5) is 21.7. The van der Waals surface area contributed by atoms with Crippen LogP contribution in [0.5, 0.6) is 0 Å². The highest BCUT2D eigenvalue weighted by molar-refractivity contribution is 7.09. The Balaban J connectivity index is 1.33. The molecule has 7 heteroatoms. The Bertz CT molecular complexity index is 967.